The molecule has 1 aliphatic carbocycles. The maximum atomic E-state index is 5.94. The van der Waals surface area contributed by atoms with Crippen molar-refractivity contribution >= 4 is 11.3 Å². The Morgan fingerprint density at radius 3 is 3.00 bits per heavy atom. The zero-order valence-electron chi connectivity index (χ0n) is 8.45. The van der Waals surface area contributed by atoms with E-state index in [9.17, 15) is 0 Å². The fourth-order valence-corrected chi connectivity index (χ4v) is 2.92. The Morgan fingerprint density at radius 2 is 2.29 bits per heavy atom. The third kappa shape index (κ3) is 1.97. The van der Waals surface area contributed by atoms with Gasteiger partial charge in [0.15, 0.2) is 0 Å². The number of aryl methyl sites for hydroxylation is 2. The molecule has 14 heavy (non-hydrogen) atoms. The van der Waals surface area contributed by atoms with Crippen LogP contribution in [0.5, 0.6) is 0 Å². The van der Waals surface area contributed by atoms with Crippen molar-refractivity contribution in [2.75, 3.05) is 13.7 Å². The van der Waals surface area contributed by atoms with Crippen LogP contribution in [0.25, 0.3) is 0 Å². The van der Waals surface area contributed by atoms with E-state index in [1.165, 1.54) is 29.8 Å². The van der Waals surface area contributed by atoms with Crippen LogP contribution < -0.4 is 5.73 Å². The number of nitrogens with two attached hydrogens (primary N) is 1. The molecule has 78 valence electrons. The molecule has 1 aromatic rings. The molecule has 0 aliphatic heterocycles. The molecule has 2 N–H and O–H groups in total. The van der Waals surface area contributed by atoms with Crippen molar-refractivity contribution in [3.8, 4) is 0 Å². The molecule has 0 fully saturated rings. The van der Waals surface area contributed by atoms with Crippen LogP contribution in [0.2, 0.25) is 0 Å². The predicted molar refractivity (Wildman–Crippen MR) is 57.6 cm³/mol. The first-order chi connectivity index (χ1) is 6.81. The van der Waals surface area contributed by atoms with Crippen molar-refractivity contribution in [1.82, 2.24) is 4.98 Å². The third-order valence-electron chi connectivity index (χ3n) is 2.53. The molecule has 0 bridgehead atoms. The fraction of sp³-hybridized carbons (Fsp3) is 0.700. The van der Waals surface area contributed by atoms with E-state index in [4.69, 9.17) is 10.5 Å². The van der Waals surface area contributed by atoms with Crippen LogP contribution in [-0.4, -0.2) is 18.7 Å². The van der Waals surface area contributed by atoms with Gasteiger partial charge in [0.25, 0.3) is 0 Å². The summed E-state index contributed by atoms with van der Waals surface area (Å²) in [5.41, 5.74) is 7.22. The van der Waals surface area contributed by atoms with E-state index in [2.05, 4.69) is 4.98 Å². The molecule has 2 rings (SSSR count). The standard InChI is InChI=1S/C10H16N2OS/c1-13-6-7(11)10-12-8-4-2-3-5-9(8)14-10/h7H,2-6,11H2,1H3/t7-/m0/s1. The van der Waals surface area contributed by atoms with Gasteiger partial charge in [0, 0.05) is 12.0 Å². The number of hydrogen-bond acceptors (Lipinski definition) is 4. The molecule has 1 aliphatic rings. The van der Waals surface area contributed by atoms with E-state index >= 15 is 0 Å². The van der Waals surface area contributed by atoms with Crippen molar-refractivity contribution in [1.29, 1.82) is 0 Å². The predicted octanol–water partition coefficient (Wildman–Crippen LogP) is 1.67. The Balaban J connectivity index is 2.15. The minimum Gasteiger partial charge on any atom is -0.383 e. The Bertz CT molecular complexity index is 288. The van der Waals surface area contributed by atoms with Crippen LogP contribution in [0.15, 0.2) is 0 Å². The highest BCUT2D eigenvalue weighted by atomic mass is 32.1. The summed E-state index contributed by atoms with van der Waals surface area (Å²) in [7, 11) is 1.67. The molecule has 0 amide bonds. The normalized spacial score (nSPS) is 17.9. The maximum absolute atomic E-state index is 5.94. The second-order valence-electron chi connectivity index (χ2n) is 3.69. The molecule has 0 spiro atoms. The van der Waals surface area contributed by atoms with Crippen LogP contribution in [0.1, 0.15) is 34.5 Å². The number of ether oxygens (including phenoxy) is 1. The van der Waals surface area contributed by atoms with Crippen molar-refractivity contribution in [2.45, 2.75) is 31.7 Å². The lowest BCUT2D eigenvalue weighted by molar-refractivity contribution is 0.180. The van der Waals surface area contributed by atoms with Gasteiger partial charge < -0.3 is 10.5 Å². The molecule has 1 aromatic heterocycles. The minimum absolute atomic E-state index is 0.0457. The molecular formula is C10H16N2OS. The third-order valence-corrected chi connectivity index (χ3v) is 3.81. The quantitative estimate of drug-likeness (QED) is 0.829. The highest BCUT2D eigenvalue weighted by molar-refractivity contribution is 7.11. The minimum atomic E-state index is -0.0457. The average Bonchev–Trinajstić information content (AvgIpc) is 2.61. The molecular weight excluding hydrogens is 196 g/mol. The van der Waals surface area contributed by atoms with Gasteiger partial charge in [-0.3, -0.25) is 0 Å². The monoisotopic (exact) mass is 212 g/mol. The first kappa shape index (κ1) is 10.1. The fourth-order valence-electron chi connectivity index (χ4n) is 1.78. The molecule has 3 nitrogen and oxygen atoms in total. The van der Waals surface area contributed by atoms with Gasteiger partial charge in [-0.15, -0.1) is 11.3 Å². The summed E-state index contributed by atoms with van der Waals surface area (Å²) in [6.45, 7) is 0.562. The van der Waals surface area contributed by atoms with Gasteiger partial charge in [-0.05, 0) is 25.7 Å². The van der Waals surface area contributed by atoms with Crippen molar-refractivity contribution in [2.24, 2.45) is 5.73 Å². The summed E-state index contributed by atoms with van der Waals surface area (Å²) in [5, 5.41) is 1.04. The molecule has 1 heterocycles. The summed E-state index contributed by atoms with van der Waals surface area (Å²) < 4.78 is 5.03. The molecule has 0 unspecified atom stereocenters. The van der Waals surface area contributed by atoms with Gasteiger partial charge in [0.2, 0.25) is 0 Å². The number of methoxy groups -OCH3 is 1. The highest BCUT2D eigenvalue weighted by Gasteiger charge is 2.18. The Labute approximate surface area is 88.3 Å². The Hall–Kier alpha value is -0.450. The van der Waals surface area contributed by atoms with Gasteiger partial charge in [0.1, 0.15) is 5.01 Å². The molecule has 0 aromatic carbocycles. The van der Waals surface area contributed by atoms with E-state index in [1.807, 2.05) is 0 Å². The zero-order valence-corrected chi connectivity index (χ0v) is 9.27. The molecule has 1 atom stereocenters. The molecule has 0 radical (unpaired) electrons. The first-order valence-electron chi connectivity index (χ1n) is 5.04. The van der Waals surface area contributed by atoms with E-state index in [1.54, 1.807) is 18.4 Å². The first-order valence-corrected chi connectivity index (χ1v) is 5.86. The Kier molecular flexibility index (Phi) is 3.15. The molecule has 0 saturated heterocycles. The molecule has 0 saturated carbocycles. The van der Waals surface area contributed by atoms with E-state index in [-0.39, 0.29) is 6.04 Å². The van der Waals surface area contributed by atoms with Crippen molar-refractivity contribution in [3.63, 3.8) is 0 Å². The summed E-state index contributed by atoms with van der Waals surface area (Å²) in [6, 6.07) is -0.0457. The summed E-state index contributed by atoms with van der Waals surface area (Å²) in [5.74, 6) is 0. The zero-order chi connectivity index (χ0) is 9.97. The van der Waals surface area contributed by atoms with Crippen molar-refractivity contribution < 1.29 is 4.74 Å². The van der Waals surface area contributed by atoms with E-state index in [0.29, 0.717) is 6.61 Å². The number of rotatable bonds is 3. The van der Waals surface area contributed by atoms with Crippen LogP contribution in [0, 0.1) is 0 Å². The SMILES string of the molecule is COC[C@H](N)c1nc2c(s1)CCCC2. The Morgan fingerprint density at radius 1 is 1.50 bits per heavy atom. The van der Waals surface area contributed by atoms with Gasteiger partial charge in [-0.25, -0.2) is 4.98 Å². The van der Waals surface area contributed by atoms with Crippen molar-refractivity contribution in [3.05, 3.63) is 15.6 Å². The lowest BCUT2D eigenvalue weighted by Crippen LogP contribution is -2.15. The average molecular weight is 212 g/mol. The largest absolute Gasteiger partial charge is 0.383 e. The van der Waals surface area contributed by atoms with Crippen LogP contribution >= 0.6 is 11.3 Å². The smallest absolute Gasteiger partial charge is 0.112 e. The maximum Gasteiger partial charge on any atom is 0.112 e. The van der Waals surface area contributed by atoms with Crippen LogP contribution in [0.4, 0.5) is 0 Å². The van der Waals surface area contributed by atoms with E-state index in [0.717, 1.165) is 11.4 Å². The highest BCUT2D eigenvalue weighted by Crippen LogP contribution is 2.29. The van der Waals surface area contributed by atoms with Gasteiger partial charge in [-0.1, -0.05) is 0 Å². The lowest BCUT2D eigenvalue weighted by Gasteiger charge is -2.06. The van der Waals surface area contributed by atoms with Gasteiger partial charge in [-0.2, -0.15) is 0 Å². The van der Waals surface area contributed by atoms with Crippen LogP contribution in [0.3, 0.4) is 0 Å². The van der Waals surface area contributed by atoms with Crippen LogP contribution in [-0.2, 0) is 17.6 Å². The number of hydrogen-bond donors (Lipinski definition) is 1. The number of thiazole rings is 1. The topological polar surface area (TPSA) is 48.1 Å². The summed E-state index contributed by atoms with van der Waals surface area (Å²) >= 11 is 1.77. The summed E-state index contributed by atoms with van der Waals surface area (Å²) in [4.78, 5) is 6.03. The second-order valence-corrected chi connectivity index (χ2v) is 4.81. The van der Waals surface area contributed by atoms with E-state index < -0.39 is 0 Å². The number of fused-ring (bicyclic) bond motifs is 1. The second kappa shape index (κ2) is 4.38. The number of nitrogens with zero attached hydrogens (tertiary/aromatic N) is 1. The number of aromatic nitrogens is 1. The summed E-state index contributed by atoms with van der Waals surface area (Å²) in [6.07, 6.45) is 4.89. The van der Waals surface area contributed by atoms with Gasteiger partial charge in [0.05, 0.1) is 18.3 Å². The van der Waals surface area contributed by atoms with Gasteiger partial charge >= 0.3 is 0 Å². The molecule has 4 heteroatoms. The lowest BCUT2D eigenvalue weighted by atomic mass is 10.0.